The van der Waals surface area contributed by atoms with E-state index in [-0.39, 0.29) is 24.4 Å². The number of carbonyl (C=O) groups excluding carboxylic acids is 3. The molecule has 3 atom stereocenters. The number of phenolic OH excluding ortho intramolecular Hbond substituents is 1. The van der Waals surface area contributed by atoms with Gasteiger partial charge in [0, 0.05) is 12.3 Å². The molecule has 1 aliphatic heterocycles. The summed E-state index contributed by atoms with van der Waals surface area (Å²) < 4.78 is 15.2. The molecule has 0 radical (unpaired) electrons. The topological polar surface area (TPSA) is 99.1 Å². The van der Waals surface area contributed by atoms with Crippen LogP contribution in [0.5, 0.6) is 5.75 Å². The summed E-state index contributed by atoms with van der Waals surface area (Å²) in [6, 6.07) is 6.60. The number of esters is 2. The average Bonchev–Trinajstić information content (AvgIpc) is 2.63. The van der Waals surface area contributed by atoms with Gasteiger partial charge in [0.2, 0.25) is 0 Å². The number of carbonyl (C=O) groups is 3. The molecule has 1 unspecified atom stereocenters. The van der Waals surface area contributed by atoms with Crippen LogP contribution in [-0.2, 0) is 35.0 Å². The van der Waals surface area contributed by atoms with E-state index in [1.807, 2.05) is 0 Å². The third-order valence-electron chi connectivity index (χ3n) is 4.37. The summed E-state index contributed by atoms with van der Waals surface area (Å²) in [6.45, 7) is 1.86. The summed E-state index contributed by atoms with van der Waals surface area (Å²) in [5.41, 5.74) is 1.06. The van der Waals surface area contributed by atoms with Crippen LogP contribution in [0, 0.1) is 11.8 Å². The highest BCUT2D eigenvalue weighted by molar-refractivity contribution is 5.90. The molecule has 2 rings (SSSR count). The zero-order valence-corrected chi connectivity index (χ0v) is 14.7. The standard InChI is InChI=1S/C19H22O7/c1-12-16(10-20)15(17(11-26-12)19(23)24-2)9-18(22)25-8-7-13-3-5-14(21)6-4-13/h3-6,10-12,15-16,21H,7-9H2,1-2H3/t12?,15-,16+/m0/s1. The Balaban J connectivity index is 1.96. The molecular weight excluding hydrogens is 340 g/mol. The fraction of sp³-hybridized carbons (Fsp3) is 0.421. The average molecular weight is 362 g/mol. The molecule has 0 spiro atoms. The second-order valence-electron chi connectivity index (χ2n) is 6.07. The molecule has 7 heteroatoms. The quantitative estimate of drug-likeness (QED) is 0.583. The first-order valence-corrected chi connectivity index (χ1v) is 8.29. The van der Waals surface area contributed by atoms with Crippen LogP contribution >= 0.6 is 0 Å². The lowest BCUT2D eigenvalue weighted by atomic mass is 9.80. The molecule has 1 heterocycles. The molecule has 1 N–H and O–H groups in total. The number of hydrogen-bond acceptors (Lipinski definition) is 7. The van der Waals surface area contributed by atoms with E-state index in [0.717, 1.165) is 5.56 Å². The third-order valence-corrected chi connectivity index (χ3v) is 4.37. The lowest BCUT2D eigenvalue weighted by Gasteiger charge is -2.32. The van der Waals surface area contributed by atoms with Gasteiger partial charge in [-0.25, -0.2) is 4.79 Å². The minimum Gasteiger partial charge on any atom is -0.508 e. The predicted octanol–water partition coefficient (Wildman–Crippen LogP) is 1.77. The summed E-state index contributed by atoms with van der Waals surface area (Å²) in [7, 11) is 1.23. The van der Waals surface area contributed by atoms with Crippen LogP contribution in [0.3, 0.4) is 0 Å². The molecule has 0 aliphatic carbocycles. The highest BCUT2D eigenvalue weighted by Crippen LogP contribution is 2.33. The van der Waals surface area contributed by atoms with E-state index in [4.69, 9.17) is 14.2 Å². The number of rotatable bonds is 7. The number of aromatic hydroxyl groups is 1. The van der Waals surface area contributed by atoms with Crippen molar-refractivity contribution in [3.8, 4) is 5.75 Å². The van der Waals surface area contributed by atoms with Crippen LogP contribution in [0.1, 0.15) is 18.9 Å². The second-order valence-corrected chi connectivity index (χ2v) is 6.07. The Bertz CT molecular complexity index is 678. The molecule has 0 amide bonds. The van der Waals surface area contributed by atoms with Crippen molar-refractivity contribution in [3.05, 3.63) is 41.7 Å². The van der Waals surface area contributed by atoms with Crippen LogP contribution in [-0.4, -0.2) is 43.2 Å². The molecule has 0 bridgehead atoms. The minimum atomic E-state index is -0.648. The number of phenols is 1. The lowest BCUT2D eigenvalue weighted by molar-refractivity contribution is -0.146. The Labute approximate surface area is 151 Å². The SMILES string of the molecule is COC(=O)C1=COC(C)[C@@H](C=O)[C@@H]1CC(=O)OCCc1ccc(O)cc1. The Kier molecular flexibility index (Phi) is 6.77. The zero-order valence-electron chi connectivity index (χ0n) is 14.7. The van der Waals surface area contributed by atoms with Gasteiger partial charge in [0.25, 0.3) is 0 Å². The van der Waals surface area contributed by atoms with Crippen molar-refractivity contribution in [2.45, 2.75) is 25.9 Å². The Hall–Kier alpha value is -2.83. The molecule has 1 aromatic rings. The first-order chi connectivity index (χ1) is 12.5. The summed E-state index contributed by atoms with van der Waals surface area (Å²) in [5, 5.41) is 9.25. The Morgan fingerprint density at radius 1 is 1.27 bits per heavy atom. The van der Waals surface area contributed by atoms with Gasteiger partial charge < -0.3 is 24.1 Å². The van der Waals surface area contributed by atoms with Gasteiger partial charge in [0.15, 0.2) is 0 Å². The maximum Gasteiger partial charge on any atom is 0.337 e. The summed E-state index contributed by atoms with van der Waals surface area (Å²) >= 11 is 0. The van der Waals surface area contributed by atoms with E-state index in [2.05, 4.69) is 0 Å². The Morgan fingerprint density at radius 2 is 1.96 bits per heavy atom. The maximum absolute atomic E-state index is 12.2. The zero-order chi connectivity index (χ0) is 19.1. The van der Waals surface area contributed by atoms with E-state index in [1.165, 1.54) is 13.4 Å². The maximum atomic E-state index is 12.2. The number of hydrogen-bond donors (Lipinski definition) is 1. The summed E-state index contributed by atoms with van der Waals surface area (Å²) in [6.07, 6.45) is 1.87. The number of ether oxygens (including phenoxy) is 3. The van der Waals surface area contributed by atoms with E-state index in [0.29, 0.717) is 12.7 Å². The van der Waals surface area contributed by atoms with Crippen molar-refractivity contribution in [1.29, 1.82) is 0 Å². The summed E-state index contributed by atoms with van der Waals surface area (Å²) in [5.74, 6) is -2.26. The van der Waals surface area contributed by atoms with Crippen LogP contribution in [0.4, 0.5) is 0 Å². The van der Waals surface area contributed by atoms with E-state index < -0.39 is 29.9 Å². The molecular formula is C19H22O7. The van der Waals surface area contributed by atoms with Crippen molar-refractivity contribution >= 4 is 18.2 Å². The highest BCUT2D eigenvalue weighted by atomic mass is 16.5. The molecule has 0 saturated heterocycles. The monoisotopic (exact) mass is 362 g/mol. The fourth-order valence-electron chi connectivity index (χ4n) is 2.85. The van der Waals surface area contributed by atoms with Gasteiger partial charge in [-0.1, -0.05) is 12.1 Å². The van der Waals surface area contributed by atoms with Gasteiger partial charge in [-0.2, -0.15) is 0 Å². The summed E-state index contributed by atoms with van der Waals surface area (Å²) in [4.78, 5) is 35.5. The number of methoxy groups -OCH3 is 1. The van der Waals surface area contributed by atoms with Crippen molar-refractivity contribution in [2.75, 3.05) is 13.7 Å². The van der Waals surface area contributed by atoms with Gasteiger partial charge in [0.1, 0.15) is 18.1 Å². The van der Waals surface area contributed by atoms with Crippen molar-refractivity contribution in [2.24, 2.45) is 11.8 Å². The number of benzene rings is 1. The molecule has 7 nitrogen and oxygen atoms in total. The predicted molar refractivity (Wildman–Crippen MR) is 91.1 cm³/mol. The highest BCUT2D eigenvalue weighted by Gasteiger charge is 2.39. The van der Waals surface area contributed by atoms with Crippen LogP contribution in [0.15, 0.2) is 36.1 Å². The van der Waals surface area contributed by atoms with Gasteiger partial charge in [-0.05, 0) is 24.6 Å². The first-order valence-electron chi connectivity index (χ1n) is 8.29. The van der Waals surface area contributed by atoms with Crippen molar-refractivity contribution < 1.29 is 33.7 Å². The molecule has 26 heavy (non-hydrogen) atoms. The van der Waals surface area contributed by atoms with E-state index in [1.54, 1.807) is 31.2 Å². The third kappa shape index (κ3) is 4.84. The molecule has 1 aromatic carbocycles. The lowest BCUT2D eigenvalue weighted by Crippen LogP contribution is -2.37. The van der Waals surface area contributed by atoms with Crippen molar-refractivity contribution in [3.63, 3.8) is 0 Å². The van der Waals surface area contributed by atoms with Gasteiger partial charge in [-0.3, -0.25) is 4.79 Å². The molecule has 0 fully saturated rings. The minimum absolute atomic E-state index is 0.117. The van der Waals surface area contributed by atoms with Gasteiger partial charge in [0.05, 0.1) is 37.9 Å². The van der Waals surface area contributed by atoms with Crippen LogP contribution in [0.2, 0.25) is 0 Å². The first kappa shape index (κ1) is 19.5. The fourth-order valence-corrected chi connectivity index (χ4v) is 2.85. The molecule has 0 saturated carbocycles. The van der Waals surface area contributed by atoms with Gasteiger partial charge >= 0.3 is 11.9 Å². The van der Waals surface area contributed by atoms with Crippen LogP contribution in [0.25, 0.3) is 0 Å². The van der Waals surface area contributed by atoms with Crippen LogP contribution < -0.4 is 0 Å². The number of aldehydes is 1. The molecule has 1 aliphatic rings. The smallest absolute Gasteiger partial charge is 0.337 e. The van der Waals surface area contributed by atoms with Gasteiger partial charge in [-0.15, -0.1) is 0 Å². The van der Waals surface area contributed by atoms with Crippen molar-refractivity contribution in [1.82, 2.24) is 0 Å². The molecule has 140 valence electrons. The largest absolute Gasteiger partial charge is 0.508 e. The normalized spacial score (nSPS) is 21.9. The van der Waals surface area contributed by atoms with E-state index in [9.17, 15) is 19.5 Å². The Morgan fingerprint density at radius 3 is 2.58 bits per heavy atom. The second kappa shape index (κ2) is 9.03. The van der Waals surface area contributed by atoms with E-state index >= 15 is 0 Å². The molecule has 0 aromatic heterocycles.